The van der Waals surface area contributed by atoms with Crippen LogP contribution in [0, 0.1) is 0 Å². The molecule has 0 heterocycles. The molecule has 0 saturated carbocycles. The van der Waals surface area contributed by atoms with Crippen molar-refractivity contribution in [2.45, 2.75) is 13.0 Å². The maximum absolute atomic E-state index is 11.1. The Morgan fingerprint density at radius 1 is 1.00 bits per heavy atom. The molecule has 0 aliphatic heterocycles. The van der Waals surface area contributed by atoms with Crippen molar-refractivity contribution in [3.8, 4) is 0 Å². The minimum absolute atomic E-state index is 0.635. The maximum atomic E-state index is 11.1. The number of nitrogens with one attached hydrogen (secondary N) is 1. The predicted octanol–water partition coefficient (Wildman–Crippen LogP) is 3.88. The van der Waals surface area contributed by atoms with Gasteiger partial charge in [-0.3, -0.25) is 4.79 Å². The molecule has 3 rings (SSSR count). The molecule has 0 amide bonds. The summed E-state index contributed by atoms with van der Waals surface area (Å²) < 4.78 is 0. The van der Waals surface area contributed by atoms with Crippen LogP contribution >= 0.6 is 0 Å². The highest BCUT2D eigenvalue weighted by Crippen LogP contribution is 2.33. The molecule has 3 heteroatoms. The number of carboxylic acids is 1. The summed E-state index contributed by atoms with van der Waals surface area (Å²) in [6.45, 7) is 1.65. The lowest BCUT2D eigenvalue weighted by molar-refractivity contribution is -0.137. The summed E-state index contributed by atoms with van der Waals surface area (Å²) in [4.78, 5) is 11.1. The van der Waals surface area contributed by atoms with Crippen LogP contribution in [-0.4, -0.2) is 17.1 Å². The SMILES string of the molecule is C[C@H](Nc1c2ccccc2cc2ccccc12)C(=O)O. The van der Waals surface area contributed by atoms with Crippen molar-refractivity contribution >= 4 is 33.2 Å². The molecule has 0 radical (unpaired) electrons. The minimum Gasteiger partial charge on any atom is -0.480 e. The fraction of sp³-hybridized carbons (Fsp3) is 0.118. The lowest BCUT2D eigenvalue weighted by Gasteiger charge is -2.16. The molecule has 0 bridgehead atoms. The van der Waals surface area contributed by atoms with Crippen molar-refractivity contribution in [2.24, 2.45) is 0 Å². The summed E-state index contributed by atoms with van der Waals surface area (Å²) in [5.74, 6) is -0.859. The smallest absolute Gasteiger partial charge is 0.325 e. The minimum atomic E-state index is -0.859. The molecule has 3 nitrogen and oxygen atoms in total. The van der Waals surface area contributed by atoms with Crippen molar-refractivity contribution in [3.63, 3.8) is 0 Å². The van der Waals surface area contributed by atoms with E-state index in [1.54, 1.807) is 6.92 Å². The van der Waals surface area contributed by atoms with Gasteiger partial charge in [0.05, 0.1) is 5.69 Å². The topological polar surface area (TPSA) is 49.3 Å². The largest absolute Gasteiger partial charge is 0.480 e. The van der Waals surface area contributed by atoms with E-state index in [1.165, 1.54) is 0 Å². The lowest BCUT2D eigenvalue weighted by Crippen LogP contribution is -2.25. The van der Waals surface area contributed by atoms with Gasteiger partial charge in [-0.25, -0.2) is 0 Å². The van der Waals surface area contributed by atoms with E-state index in [1.807, 2.05) is 48.5 Å². The number of carboxylic acid groups (broad SMARTS) is 1. The van der Waals surface area contributed by atoms with Gasteiger partial charge in [0.25, 0.3) is 0 Å². The first-order chi connectivity index (χ1) is 9.66. The number of rotatable bonds is 3. The second-order valence-corrected chi connectivity index (χ2v) is 4.90. The van der Waals surface area contributed by atoms with Crippen LogP contribution in [-0.2, 0) is 4.79 Å². The lowest BCUT2D eigenvalue weighted by atomic mass is 10.0. The standard InChI is InChI=1S/C17H15NO2/c1-11(17(19)20)18-16-14-8-4-2-6-12(14)10-13-7-3-5-9-15(13)16/h2-11,18H,1H3,(H,19,20)/t11-/m0/s1. The van der Waals surface area contributed by atoms with E-state index in [2.05, 4.69) is 11.4 Å². The quantitative estimate of drug-likeness (QED) is 0.706. The van der Waals surface area contributed by atoms with Crippen molar-refractivity contribution in [3.05, 3.63) is 54.6 Å². The number of anilines is 1. The fourth-order valence-electron chi connectivity index (χ4n) is 2.45. The first-order valence-corrected chi connectivity index (χ1v) is 6.56. The third-order valence-electron chi connectivity index (χ3n) is 3.50. The molecule has 0 fully saturated rings. The number of fused-ring (bicyclic) bond motifs is 2. The number of hydrogen-bond acceptors (Lipinski definition) is 2. The fourth-order valence-corrected chi connectivity index (χ4v) is 2.45. The Labute approximate surface area is 116 Å². The number of aliphatic carboxylic acids is 1. The zero-order valence-corrected chi connectivity index (χ0v) is 11.1. The van der Waals surface area contributed by atoms with Gasteiger partial charge in [0, 0.05) is 10.8 Å². The van der Waals surface area contributed by atoms with E-state index in [0.717, 1.165) is 27.2 Å². The average Bonchev–Trinajstić information content (AvgIpc) is 2.46. The number of hydrogen-bond donors (Lipinski definition) is 2. The van der Waals surface area contributed by atoms with Crippen molar-refractivity contribution < 1.29 is 9.90 Å². The highest BCUT2D eigenvalue weighted by molar-refractivity contribution is 6.11. The second kappa shape index (κ2) is 4.85. The van der Waals surface area contributed by atoms with Gasteiger partial charge in [0.2, 0.25) is 0 Å². The zero-order valence-electron chi connectivity index (χ0n) is 11.1. The Bertz CT molecular complexity index is 741. The van der Waals surface area contributed by atoms with Crippen LogP contribution in [0.5, 0.6) is 0 Å². The second-order valence-electron chi connectivity index (χ2n) is 4.90. The first kappa shape index (κ1) is 12.5. The van der Waals surface area contributed by atoms with Gasteiger partial charge in [-0.05, 0) is 23.8 Å². The highest BCUT2D eigenvalue weighted by atomic mass is 16.4. The summed E-state index contributed by atoms with van der Waals surface area (Å²) in [5.41, 5.74) is 0.883. The third-order valence-corrected chi connectivity index (χ3v) is 3.50. The molecule has 0 aliphatic rings. The summed E-state index contributed by atoms with van der Waals surface area (Å²) in [6.07, 6.45) is 0. The van der Waals surface area contributed by atoms with Gasteiger partial charge < -0.3 is 10.4 Å². The highest BCUT2D eigenvalue weighted by Gasteiger charge is 2.14. The van der Waals surface area contributed by atoms with Gasteiger partial charge in [-0.1, -0.05) is 48.5 Å². The molecule has 0 spiro atoms. The van der Waals surface area contributed by atoms with Crippen LogP contribution < -0.4 is 5.32 Å². The molecule has 2 N–H and O–H groups in total. The monoisotopic (exact) mass is 265 g/mol. The van der Waals surface area contributed by atoms with Crippen molar-refractivity contribution in [1.29, 1.82) is 0 Å². The van der Waals surface area contributed by atoms with Crippen LogP contribution in [0.1, 0.15) is 6.92 Å². The van der Waals surface area contributed by atoms with Crippen LogP contribution in [0.2, 0.25) is 0 Å². The molecule has 3 aromatic rings. The molecule has 0 saturated heterocycles. The molecular formula is C17H15NO2. The van der Waals surface area contributed by atoms with Crippen molar-refractivity contribution in [1.82, 2.24) is 0 Å². The first-order valence-electron chi connectivity index (χ1n) is 6.56. The Hall–Kier alpha value is -2.55. The average molecular weight is 265 g/mol. The van der Waals surface area contributed by atoms with Gasteiger partial charge in [-0.15, -0.1) is 0 Å². The Morgan fingerprint density at radius 2 is 1.50 bits per heavy atom. The molecule has 0 aromatic heterocycles. The molecule has 0 unspecified atom stereocenters. The van der Waals surface area contributed by atoms with E-state index < -0.39 is 12.0 Å². The van der Waals surface area contributed by atoms with Gasteiger partial charge in [0.1, 0.15) is 6.04 Å². The Balaban J connectivity index is 2.30. The van der Waals surface area contributed by atoms with E-state index in [-0.39, 0.29) is 0 Å². The number of carbonyl (C=O) groups is 1. The summed E-state index contributed by atoms with van der Waals surface area (Å²) in [7, 11) is 0. The summed E-state index contributed by atoms with van der Waals surface area (Å²) >= 11 is 0. The summed E-state index contributed by atoms with van der Waals surface area (Å²) in [6, 6.07) is 17.5. The van der Waals surface area contributed by atoms with E-state index >= 15 is 0 Å². The summed E-state index contributed by atoms with van der Waals surface area (Å²) in [5, 5.41) is 16.5. The normalized spacial score (nSPS) is 12.4. The van der Waals surface area contributed by atoms with E-state index in [9.17, 15) is 4.79 Å². The predicted molar refractivity (Wildman–Crippen MR) is 82.2 cm³/mol. The van der Waals surface area contributed by atoms with Gasteiger partial charge in [0.15, 0.2) is 0 Å². The Kier molecular flexibility index (Phi) is 3.03. The molecule has 1 atom stereocenters. The van der Waals surface area contributed by atoms with Crippen LogP contribution in [0.25, 0.3) is 21.5 Å². The Morgan fingerprint density at radius 3 is 2.00 bits per heavy atom. The molecular weight excluding hydrogens is 250 g/mol. The third kappa shape index (κ3) is 2.07. The molecule has 3 aromatic carbocycles. The maximum Gasteiger partial charge on any atom is 0.325 e. The van der Waals surface area contributed by atoms with E-state index in [4.69, 9.17) is 5.11 Å². The molecule has 0 aliphatic carbocycles. The van der Waals surface area contributed by atoms with Gasteiger partial charge in [-0.2, -0.15) is 0 Å². The zero-order chi connectivity index (χ0) is 14.1. The van der Waals surface area contributed by atoms with Crippen LogP contribution in [0.3, 0.4) is 0 Å². The molecule has 100 valence electrons. The van der Waals surface area contributed by atoms with Crippen LogP contribution in [0.15, 0.2) is 54.6 Å². The van der Waals surface area contributed by atoms with Crippen molar-refractivity contribution in [2.75, 3.05) is 5.32 Å². The van der Waals surface area contributed by atoms with Gasteiger partial charge >= 0.3 is 5.97 Å². The van der Waals surface area contributed by atoms with Crippen LogP contribution in [0.4, 0.5) is 5.69 Å². The molecule has 20 heavy (non-hydrogen) atoms. The van der Waals surface area contributed by atoms with E-state index in [0.29, 0.717) is 0 Å². The number of benzene rings is 3.